The van der Waals surface area contributed by atoms with E-state index in [1.807, 2.05) is 0 Å². The molecule has 0 aliphatic heterocycles. The Bertz CT molecular complexity index is 883. The van der Waals surface area contributed by atoms with Gasteiger partial charge in [-0.3, -0.25) is 4.57 Å². The van der Waals surface area contributed by atoms with Gasteiger partial charge >= 0.3 is 0 Å². The molecule has 0 unspecified atom stereocenters. The van der Waals surface area contributed by atoms with Crippen LogP contribution in [0.1, 0.15) is 5.56 Å². The van der Waals surface area contributed by atoms with Crippen LogP contribution in [0, 0.1) is 23.3 Å². The number of fused-ring (bicyclic) bond motifs is 1. The lowest BCUT2D eigenvalue weighted by atomic mass is 10.2. The predicted molar refractivity (Wildman–Crippen MR) is 78.1 cm³/mol. The van der Waals surface area contributed by atoms with Gasteiger partial charge in [0.1, 0.15) is 11.6 Å². The minimum Gasteiger partial charge on any atom is -0.330 e. The van der Waals surface area contributed by atoms with Crippen LogP contribution in [-0.2, 0) is 0 Å². The monoisotopic (exact) mass is 310 g/mol. The van der Waals surface area contributed by atoms with E-state index in [9.17, 15) is 8.78 Å². The number of imidazole rings is 1. The highest BCUT2D eigenvalue weighted by molar-refractivity contribution is 7.71. The van der Waals surface area contributed by atoms with Gasteiger partial charge in [-0.2, -0.15) is 0 Å². The number of rotatable bonds is 1. The van der Waals surface area contributed by atoms with Gasteiger partial charge in [-0.25, -0.2) is 8.78 Å². The maximum atomic E-state index is 14.0. The average molecular weight is 311 g/mol. The fourth-order valence-corrected chi connectivity index (χ4v) is 2.60. The van der Waals surface area contributed by atoms with E-state index in [1.165, 1.54) is 28.8 Å². The van der Waals surface area contributed by atoms with E-state index in [0.29, 0.717) is 21.6 Å². The highest BCUT2D eigenvalue weighted by Gasteiger charge is 2.13. The van der Waals surface area contributed by atoms with Gasteiger partial charge in [0.05, 0.1) is 16.7 Å². The van der Waals surface area contributed by atoms with Crippen molar-refractivity contribution in [2.45, 2.75) is 6.92 Å². The van der Waals surface area contributed by atoms with Crippen LogP contribution in [0.2, 0.25) is 5.02 Å². The maximum Gasteiger partial charge on any atom is 0.182 e. The number of nitrogens with one attached hydrogen (secondary N) is 1. The Morgan fingerprint density at radius 3 is 2.65 bits per heavy atom. The molecule has 0 radical (unpaired) electrons. The molecule has 102 valence electrons. The van der Waals surface area contributed by atoms with Gasteiger partial charge in [0, 0.05) is 5.02 Å². The largest absolute Gasteiger partial charge is 0.330 e. The molecule has 2 aromatic carbocycles. The molecular weight excluding hydrogens is 302 g/mol. The Balaban J connectivity index is 2.42. The van der Waals surface area contributed by atoms with Crippen LogP contribution in [0.5, 0.6) is 0 Å². The first-order valence-corrected chi connectivity index (χ1v) is 6.62. The zero-order valence-electron chi connectivity index (χ0n) is 10.4. The molecule has 0 bridgehead atoms. The van der Waals surface area contributed by atoms with Crippen molar-refractivity contribution in [2.24, 2.45) is 0 Å². The van der Waals surface area contributed by atoms with Crippen molar-refractivity contribution in [3.8, 4) is 5.69 Å². The summed E-state index contributed by atoms with van der Waals surface area (Å²) in [5.74, 6) is -0.791. The van der Waals surface area contributed by atoms with E-state index >= 15 is 0 Å². The molecule has 0 fully saturated rings. The molecule has 3 rings (SSSR count). The predicted octanol–water partition coefficient (Wildman–Crippen LogP) is 4.93. The third-order valence-corrected chi connectivity index (χ3v) is 3.63. The second-order valence-corrected chi connectivity index (χ2v) is 5.30. The Labute approximate surface area is 123 Å². The van der Waals surface area contributed by atoms with E-state index < -0.39 is 5.82 Å². The first kappa shape index (κ1) is 13.3. The molecule has 0 amide bonds. The number of hydrogen-bond donors (Lipinski definition) is 1. The number of H-pyrrole nitrogens is 1. The highest BCUT2D eigenvalue weighted by atomic mass is 35.5. The molecule has 1 N–H and O–H groups in total. The number of aromatic nitrogens is 2. The van der Waals surface area contributed by atoms with Crippen LogP contribution in [0.25, 0.3) is 16.7 Å². The van der Waals surface area contributed by atoms with E-state index in [2.05, 4.69) is 4.98 Å². The summed E-state index contributed by atoms with van der Waals surface area (Å²) in [5, 5.41) is 0.400. The van der Waals surface area contributed by atoms with Crippen LogP contribution in [0.3, 0.4) is 0 Å². The number of aromatic amines is 1. The molecule has 0 saturated carbocycles. The quantitative estimate of drug-likeness (QED) is 0.632. The Hall–Kier alpha value is -1.72. The molecule has 2 nitrogen and oxygen atoms in total. The Morgan fingerprint density at radius 1 is 1.15 bits per heavy atom. The van der Waals surface area contributed by atoms with E-state index in [-0.39, 0.29) is 16.3 Å². The first-order valence-electron chi connectivity index (χ1n) is 5.83. The summed E-state index contributed by atoms with van der Waals surface area (Å²) in [5.41, 5.74) is 1.81. The third kappa shape index (κ3) is 2.03. The summed E-state index contributed by atoms with van der Waals surface area (Å²) >= 11 is 11.1. The minimum atomic E-state index is -0.451. The zero-order valence-corrected chi connectivity index (χ0v) is 11.9. The molecule has 6 heteroatoms. The van der Waals surface area contributed by atoms with Crippen molar-refractivity contribution in [3.05, 3.63) is 57.3 Å². The number of benzene rings is 2. The van der Waals surface area contributed by atoms with E-state index in [4.69, 9.17) is 23.8 Å². The van der Waals surface area contributed by atoms with Gasteiger partial charge < -0.3 is 4.98 Å². The fourth-order valence-electron chi connectivity index (χ4n) is 2.13. The Morgan fingerprint density at radius 2 is 1.90 bits per heavy atom. The number of nitrogens with zero attached hydrogens (tertiary/aromatic N) is 1. The number of halogens is 3. The second kappa shape index (κ2) is 4.68. The van der Waals surface area contributed by atoms with E-state index in [1.54, 1.807) is 13.0 Å². The lowest BCUT2D eigenvalue weighted by Gasteiger charge is -2.07. The minimum absolute atomic E-state index is 0.236. The normalized spacial score (nSPS) is 11.2. The summed E-state index contributed by atoms with van der Waals surface area (Å²) in [6, 6.07) is 7.19. The van der Waals surface area contributed by atoms with Gasteiger partial charge in [0.15, 0.2) is 4.77 Å². The molecule has 20 heavy (non-hydrogen) atoms. The van der Waals surface area contributed by atoms with Crippen molar-refractivity contribution >= 4 is 34.9 Å². The zero-order chi connectivity index (χ0) is 14.4. The first-order chi connectivity index (χ1) is 9.47. The Kier molecular flexibility index (Phi) is 3.11. The fraction of sp³-hybridized carbons (Fsp3) is 0.0714. The van der Waals surface area contributed by atoms with Crippen molar-refractivity contribution < 1.29 is 8.78 Å². The molecule has 3 aromatic rings. The molecule has 1 heterocycles. The van der Waals surface area contributed by atoms with Gasteiger partial charge in [0.2, 0.25) is 0 Å². The van der Waals surface area contributed by atoms with Crippen LogP contribution in [0.4, 0.5) is 8.78 Å². The van der Waals surface area contributed by atoms with E-state index in [0.717, 1.165) is 0 Å². The molecular formula is C14H9ClF2N2S. The summed E-state index contributed by atoms with van der Waals surface area (Å²) in [6.07, 6.45) is 0. The lowest BCUT2D eigenvalue weighted by Crippen LogP contribution is -1.98. The highest BCUT2D eigenvalue weighted by Crippen LogP contribution is 2.26. The van der Waals surface area contributed by atoms with Gasteiger partial charge in [-0.05, 0) is 55.0 Å². The molecule has 0 saturated heterocycles. The SMILES string of the molecule is Cc1cc2c(cc1F)[nH]c(=S)n2-c1cc(Cl)ccc1F. The van der Waals surface area contributed by atoms with Gasteiger partial charge in [0.25, 0.3) is 0 Å². The third-order valence-electron chi connectivity index (χ3n) is 3.11. The van der Waals surface area contributed by atoms with Crippen molar-refractivity contribution in [3.63, 3.8) is 0 Å². The standard InChI is InChI=1S/C14H9ClF2N2S/c1-7-4-13-11(6-10(7)17)18-14(20)19(13)12-5-8(15)2-3-9(12)16/h2-6H,1H3,(H,18,20). The number of aryl methyl sites for hydroxylation is 1. The average Bonchev–Trinajstić information content (AvgIpc) is 2.69. The smallest absolute Gasteiger partial charge is 0.182 e. The topological polar surface area (TPSA) is 20.7 Å². The van der Waals surface area contributed by atoms with Crippen molar-refractivity contribution in [1.82, 2.24) is 9.55 Å². The van der Waals surface area contributed by atoms with Gasteiger partial charge in [-0.1, -0.05) is 11.6 Å². The molecule has 1 aromatic heterocycles. The molecule has 0 aliphatic rings. The number of hydrogen-bond acceptors (Lipinski definition) is 1. The summed E-state index contributed by atoms with van der Waals surface area (Å²) in [6.45, 7) is 1.64. The van der Waals surface area contributed by atoms with Crippen LogP contribution >= 0.6 is 23.8 Å². The van der Waals surface area contributed by atoms with Crippen molar-refractivity contribution in [2.75, 3.05) is 0 Å². The summed E-state index contributed by atoms with van der Waals surface area (Å²) < 4.78 is 29.4. The van der Waals surface area contributed by atoms with Crippen molar-refractivity contribution in [1.29, 1.82) is 0 Å². The van der Waals surface area contributed by atoms with Crippen LogP contribution < -0.4 is 0 Å². The summed E-state index contributed by atoms with van der Waals surface area (Å²) in [7, 11) is 0. The summed E-state index contributed by atoms with van der Waals surface area (Å²) in [4.78, 5) is 2.87. The second-order valence-electron chi connectivity index (χ2n) is 4.48. The lowest BCUT2D eigenvalue weighted by molar-refractivity contribution is 0.618. The van der Waals surface area contributed by atoms with Crippen LogP contribution in [0.15, 0.2) is 30.3 Å². The molecule has 0 atom stereocenters. The van der Waals surface area contributed by atoms with Gasteiger partial charge in [-0.15, -0.1) is 0 Å². The molecule has 0 aliphatic carbocycles. The molecule has 0 spiro atoms. The maximum absolute atomic E-state index is 14.0. The van der Waals surface area contributed by atoms with Crippen LogP contribution in [-0.4, -0.2) is 9.55 Å².